The van der Waals surface area contributed by atoms with Crippen LogP contribution in [0.4, 0.5) is 22.1 Å². The van der Waals surface area contributed by atoms with Crippen LogP contribution >= 0.6 is 0 Å². The van der Waals surface area contributed by atoms with E-state index in [2.05, 4.69) is 40.7 Å². The zero-order valence-corrected chi connectivity index (χ0v) is 13.0. The lowest BCUT2D eigenvalue weighted by Gasteiger charge is -2.13. The highest BCUT2D eigenvalue weighted by molar-refractivity contribution is 5.83. The first-order valence-electron chi connectivity index (χ1n) is 7.23. The molecule has 0 bridgehead atoms. The molecule has 6 heteroatoms. The SMILES string of the molecule is CCOC(=O)Nc1ccc(Nc2ccccc2C(C)C)nn1. The van der Waals surface area contributed by atoms with Crippen molar-refractivity contribution in [3.05, 3.63) is 42.0 Å². The number of anilines is 3. The summed E-state index contributed by atoms with van der Waals surface area (Å²) >= 11 is 0. The number of rotatable bonds is 5. The second-order valence-electron chi connectivity index (χ2n) is 5.02. The summed E-state index contributed by atoms with van der Waals surface area (Å²) in [6.45, 7) is 6.33. The number of benzene rings is 1. The number of carbonyl (C=O) groups excluding carboxylic acids is 1. The Bertz CT molecular complexity index is 626. The van der Waals surface area contributed by atoms with Gasteiger partial charge in [-0.3, -0.25) is 5.32 Å². The summed E-state index contributed by atoms with van der Waals surface area (Å²) in [6.07, 6.45) is -0.539. The van der Waals surface area contributed by atoms with Gasteiger partial charge in [-0.15, -0.1) is 10.2 Å². The fraction of sp³-hybridized carbons (Fsp3) is 0.312. The van der Waals surface area contributed by atoms with Crippen molar-refractivity contribution in [1.29, 1.82) is 0 Å². The molecule has 2 rings (SSSR count). The number of amides is 1. The Morgan fingerprint density at radius 1 is 1.14 bits per heavy atom. The van der Waals surface area contributed by atoms with E-state index in [1.54, 1.807) is 19.1 Å². The predicted molar refractivity (Wildman–Crippen MR) is 86.5 cm³/mol. The number of nitrogens with zero attached hydrogens (tertiary/aromatic N) is 2. The monoisotopic (exact) mass is 300 g/mol. The van der Waals surface area contributed by atoms with Crippen molar-refractivity contribution in [2.24, 2.45) is 0 Å². The summed E-state index contributed by atoms with van der Waals surface area (Å²) in [7, 11) is 0. The van der Waals surface area contributed by atoms with Crippen molar-refractivity contribution in [1.82, 2.24) is 10.2 Å². The van der Waals surface area contributed by atoms with Gasteiger partial charge < -0.3 is 10.1 Å². The molecule has 116 valence electrons. The number of hydrogen-bond donors (Lipinski definition) is 2. The van der Waals surface area contributed by atoms with Gasteiger partial charge in [0.1, 0.15) is 0 Å². The number of para-hydroxylation sites is 1. The van der Waals surface area contributed by atoms with Crippen molar-refractivity contribution in [3.63, 3.8) is 0 Å². The molecule has 0 fully saturated rings. The molecule has 22 heavy (non-hydrogen) atoms. The van der Waals surface area contributed by atoms with Crippen LogP contribution in [0.2, 0.25) is 0 Å². The van der Waals surface area contributed by atoms with E-state index in [0.29, 0.717) is 24.2 Å². The number of nitrogens with one attached hydrogen (secondary N) is 2. The Balaban J connectivity index is 2.07. The van der Waals surface area contributed by atoms with Gasteiger partial charge in [0.05, 0.1) is 6.61 Å². The van der Waals surface area contributed by atoms with Gasteiger partial charge in [0.25, 0.3) is 0 Å². The number of carbonyl (C=O) groups is 1. The summed E-state index contributed by atoms with van der Waals surface area (Å²) in [5, 5.41) is 13.7. The van der Waals surface area contributed by atoms with E-state index < -0.39 is 6.09 Å². The summed E-state index contributed by atoms with van der Waals surface area (Å²) in [6, 6.07) is 11.5. The maximum Gasteiger partial charge on any atom is 0.412 e. The van der Waals surface area contributed by atoms with Crippen LogP contribution in [0.5, 0.6) is 0 Å². The average Bonchev–Trinajstić information content (AvgIpc) is 2.50. The highest BCUT2D eigenvalue weighted by atomic mass is 16.5. The van der Waals surface area contributed by atoms with E-state index in [0.717, 1.165) is 5.69 Å². The van der Waals surface area contributed by atoms with E-state index in [-0.39, 0.29) is 0 Å². The zero-order valence-electron chi connectivity index (χ0n) is 13.0. The predicted octanol–water partition coefficient (Wildman–Crippen LogP) is 3.91. The van der Waals surface area contributed by atoms with Gasteiger partial charge in [0, 0.05) is 5.69 Å². The lowest BCUT2D eigenvalue weighted by Crippen LogP contribution is -2.14. The van der Waals surface area contributed by atoms with E-state index >= 15 is 0 Å². The minimum absolute atomic E-state index is 0.310. The molecule has 1 aromatic heterocycles. The fourth-order valence-corrected chi connectivity index (χ4v) is 1.99. The minimum Gasteiger partial charge on any atom is -0.450 e. The average molecular weight is 300 g/mol. The Labute approximate surface area is 129 Å². The molecule has 1 heterocycles. The first-order chi connectivity index (χ1) is 10.6. The van der Waals surface area contributed by atoms with Gasteiger partial charge in [-0.25, -0.2) is 4.79 Å². The third-order valence-corrected chi connectivity index (χ3v) is 3.02. The maximum absolute atomic E-state index is 11.3. The van der Waals surface area contributed by atoms with Crippen molar-refractivity contribution in [2.45, 2.75) is 26.7 Å². The van der Waals surface area contributed by atoms with Gasteiger partial charge in [-0.2, -0.15) is 0 Å². The number of aromatic nitrogens is 2. The second-order valence-corrected chi connectivity index (χ2v) is 5.02. The summed E-state index contributed by atoms with van der Waals surface area (Å²) < 4.78 is 4.78. The Hall–Kier alpha value is -2.63. The van der Waals surface area contributed by atoms with E-state index in [9.17, 15) is 4.79 Å². The van der Waals surface area contributed by atoms with E-state index in [1.165, 1.54) is 5.56 Å². The molecule has 0 aliphatic heterocycles. The quantitative estimate of drug-likeness (QED) is 0.875. The van der Waals surface area contributed by atoms with Crippen molar-refractivity contribution in [2.75, 3.05) is 17.2 Å². The third-order valence-electron chi connectivity index (χ3n) is 3.02. The van der Waals surface area contributed by atoms with Crippen LogP contribution < -0.4 is 10.6 Å². The summed E-state index contributed by atoms with van der Waals surface area (Å²) in [5.74, 6) is 1.37. The van der Waals surface area contributed by atoms with Crippen LogP contribution in [0.25, 0.3) is 0 Å². The molecule has 1 amide bonds. The van der Waals surface area contributed by atoms with Crippen LogP contribution in [-0.2, 0) is 4.74 Å². The first kappa shape index (κ1) is 15.8. The van der Waals surface area contributed by atoms with Gasteiger partial charge in [-0.1, -0.05) is 32.0 Å². The lowest BCUT2D eigenvalue weighted by atomic mass is 10.0. The molecule has 2 aromatic rings. The van der Waals surface area contributed by atoms with E-state index in [1.807, 2.05) is 18.2 Å². The molecule has 0 saturated carbocycles. The molecule has 0 atom stereocenters. The molecule has 2 N–H and O–H groups in total. The first-order valence-corrected chi connectivity index (χ1v) is 7.23. The fourth-order valence-electron chi connectivity index (χ4n) is 1.99. The smallest absolute Gasteiger partial charge is 0.412 e. The summed E-state index contributed by atoms with van der Waals surface area (Å²) in [4.78, 5) is 11.3. The molecule has 1 aromatic carbocycles. The van der Waals surface area contributed by atoms with E-state index in [4.69, 9.17) is 4.74 Å². The van der Waals surface area contributed by atoms with Gasteiger partial charge >= 0.3 is 6.09 Å². The van der Waals surface area contributed by atoms with Crippen LogP contribution in [0.3, 0.4) is 0 Å². The Morgan fingerprint density at radius 3 is 2.45 bits per heavy atom. The van der Waals surface area contributed by atoms with Gasteiger partial charge in [0.15, 0.2) is 11.6 Å². The zero-order chi connectivity index (χ0) is 15.9. The molecular formula is C16H20N4O2. The molecule has 0 aliphatic rings. The van der Waals surface area contributed by atoms with Crippen LogP contribution in [0.15, 0.2) is 36.4 Å². The largest absolute Gasteiger partial charge is 0.450 e. The van der Waals surface area contributed by atoms with Gasteiger partial charge in [0.2, 0.25) is 0 Å². The highest BCUT2D eigenvalue weighted by Gasteiger charge is 2.08. The summed E-state index contributed by atoms with van der Waals surface area (Å²) in [5.41, 5.74) is 2.20. The minimum atomic E-state index is -0.539. The van der Waals surface area contributed by atoms with Gasteiger partial charge in [-0.05, 0) is 36.6 Å². The molecule has 0 aliphatic carbocycles. The molecule has 0 unspecified atom stereocenters. The van der Waals surface area contributed by atoms with Crippen LogP contribution in [0.1, 0.15) is 32.3 Å². The molecule has 0 spiro atoms. The molecular weight excluding hydrogens is 280 g/mol. The van der Waals surface area contributed by atoms with Crippen molar-refractivity contribution < 1.29 is 9.53 Å². The molecule has 0 saturated heterocycles. The molecule has 6 nitrogen and oxygen atoms in total. The Kier molecular flexibility index (Phi) is 5.30. The van der Waals surface area contributed by atoms with Crippen LogP contribution in [-0.4, -0.2) is 22.9 Å². The number of hydrogen-bond acceptors (Lipinski definition) is 5. The highest BCUT2D eigenvalue weighted by Crippen LogP contribution is 2.26. The maximum atomic E-state index is 11.3. The van der Waals surface area contributed by atoms with Crippen LogP contribution in [0, 0.1) is 0 Å². The normalized spacial score (nSPS) is 10.4. The van der Waals surface area contributed by atoms with Crippen molar-refractivity contribution >= 4 is 23.4 Å². The topological polar surface area (TPSA) is 76.1 Å². The third kappa shape index (κ3) is 4.18. The molecule has 0 radical (unpaired) electrons. The van der Waals surface area contributed by atoms with Crippen molar-refractivity contribution in [3.8, 4) is 0 Å². The number of ether oxygens (including phenoxy) is 1. The second kappa shape index (κ2) is 7.40. The lowest BCUT2D eigenvalue weighted by molar-refractivity contribution is 0.168. The Morgan fingerprint density at radius 2 is 1.82 bits per heavy atom. The standard InChI is InChI=1S/C16H20N4O2/c1-4-22-16(21)18-15-10-9-14(19-20-15)17-13-8-6-5-7-12(13)11(2)3/h5-11H,4H2,1-3H3,(H,17,19)(H,18,20,21).